The fourth-order valence-corrected chi connectivity index (χ4v) is 1.90. The lowest BCUT2D eigenvalue weighted by Gasteiger charge is -2.06. The molecule has 0 unspecified atom stereocenters. The van der Waals surface area contributed by atoms with Gasteiger partial charge in [0.05, 0.1) is 17.6 Å². The summed E-state index contributed by atoms with van der Waals surface area (Å²) >= 11 is 5.72. The summed E-state index contributed by atoms with van der Waals surface area (Å²) < 4.78 is 18.1. The standard InChI is InChI=1S/C13H8ClFN2O4/c1-21-13(18)8-4-7(5-9(15)6-8)12-10(17(19)20)2-3-11(14)16-12/h2-6H,1H3. The van der Waals surface area contributed by atoms with Crippen molar-refractivity contribution < 1.29 is 18.8 Å². The molecule has 108 valence electrons. The first-order valence-electron chi connectivity index (χ1n) is 5.62. The van der Waals surface area contributed by atoms with E-state index in [0.717, 1.165) is 25.3 Å². The number of ether oxygens (including phenoxy) is 1. The van der Waals surface area contributed by atoms with E-state index in [1.54, 1.807) is 0 Å². The van der Waals surface area contributed by atoms with Crippen molar-refractivity contribution in [3.63, 3.8) is 0 Å². The van der Waals surface area contributed by atoms with Crippen LogP contribution in [0.15, 0.2) is 30.3 Å². The van der Waals surface area contributed by atoms with Crippen LogP contribution in [0.5, 0.6) is 0 Å². The number of carbonyl (C=O) groups excluding carboxylic acids is 1. The summed E-state index contributed by atoms with van der Waals surface area (Å²) in [5.74, 6) is -1.51. The predicted octanol–water partition coefficient (Wildman–Crippen LogP) is 3.24. The molecule has 0 saturated carbocycles. The van der Waals surface area contributed by atoms with Gasteiger partial charge in [-0.2, -0.15) is 0 Å². The van der Waals surface area contributed by atoms with Crippen LogP contribution in [0.3, 0.4) is 0 Å². The Kier molecular flexibility index (Phi) is 4.13. The van der Waals surface area contributed by atoms with Crippen molar-refractivity contribution in [3.05, 3.63) is 57.0 Å². The van der Waals surface area contributed by atoms with Gasteiger partial charge in [0.1, 0.15) is 16.7 Å². The molecular formula is C13H8ClFN2O4. The predicted molar refractivity (Wildman–Crippen MR) is 72.6 cm³/mol. The SMILES string of the molecule is COC(=O)c1cc(F)cc(-c2nc(Cl)ccc2[N+](=O)[O-])c1. The summed E-state index contributed by atoms with van der Waals surface area (Å²) in [5, 5.41) is 11.0. The molecule has 6 nitrogen and oxygen atoms in total. The highest BCUT2D eigenvalue weighted by Gasteiger charge is 2.20. The molecule has 1 aromatic heterocycles. The zero-order valence-corrected chi connectivity index (χ0v) is 11.4. The Morgan fingerprint density at radius 1 is 1.38 bits per heavy atom. The number of aromatic nitrogens is 1. The van der Waals surface area contributed by atoms with Gasteiger partial charge in [0.15, 0.2) is 0 Å². The Balaban J connectivity index is 2.66. The number of pyridine rings is 1. The van der Waals surface area contributed by atoms with Crippen LogP contribution in [0, 0.1) is 15.9 Å². The molecule has 0 bridgehead atoms. The third-order valence-corrected chi connectivity index (χ3v) is 2.84. The highest BCUT2D eigenvalue weighted by atomic mass is 35.5. The molecule has 0 amide bonds. The molecule has 0 fully saturated rings. The minimum atomic E-state index is -0.763. The van der Waals surface area contributed by atoms with Gasteiger partial charge in [0.2, 0.25) is 0 Å². The number of halogens is 2. The van der Waals surface area contributed by atoms with Gasteiger partial charge in [0, 0.05) is 11.6 Å². The largest absolute Gasteiger partial charge is 0.465 e. The van der Waals surface area contributed by atoms with Gasteiger partial charge >= 0.3 is 5.97 Å². The van der Waals surface area contributed by atoms with Crippen molar-refractivity contribution in [1.29, 1.82) is 0 Å². The second-order valence-corrected chi connectivity index (χ2v) is 4.37. The van der Waals surface area contributed by atoms with Crippen LogP contribution in [-0.4, -0.2) is 23.0 Å². The maximum atomic E-state index is 13.6. The number of rotatable bonds is 3. The minimum Gasteiger partial charge on any atom is -0.465 e. The molecule has 8 heteroatoms. The first kappa shape index (κ1) is 14.9. The number of esters is 1. The summed E-state index contributed by atoms with van der Waals surface area (Å²) in [4.78, 5) is 25.6. The first-order chi connectivity index (χ1) is 9.92. The molecule has 0 aliphatic carbocycles. The maximum Gasteiger partial charge on any atom is 0.337 e. The molecule has 0 atom stereocenters. The number of nitrogens with zero attached hydrogens (tertiary/aromatic N) is 2. The Labute approximate surface area is 123 Å². The molecule has 21 heavy (non-hydrogen) atoms. The third-order valence-electron chi connectivity index (χ3n) is 2.63. The van der Waals surface area contributed by atoms with E-state index in [9.17, 15) is 19.3 Å². The number of carbonyl (C=O) groups is 1. The van der Waals surface area contributed by atoms with Crippen LogP contribution in [0.25, 0.3) is 11.3 Å². The number of hydrogen-bond acceptors (Lipinski definition) is 5. The van der Waals surface area contributed by atoms with E-state index in [2.05, 4.69) is 9.72 Å². The lowest BCUT2D eigenvalue weighted by molar-refractivity contribution is -0.384. The average molecular weight is 311 g/mol. The highest BCUT2D eigenvalue weighted by molar-refractivity contribution is 6.29. The number of methoxy groups -OCH3 is 1. The van der Waals surface area contributed by atoms with Crippen LogP contribution in [0.1, 0.15) is 10.4 Å². The Morgan fingerprint density at radius 3 is 2.71 bits per heavy atom. The number of benzene rings is 1. The van der Waals surface area contributed by atoms with E-state index < -0.39 is 16.7 Å². The molecule has 0 aliphatic heterocycles. The molecule has 0 radical (unpaired) electrons. The first-order valence-corrected chi connectivity index (χ1v) is 6.00. The molecule has 0 spiro atoms. The molecule has 0 N–H and O–H groups in total. The Bertz CT molecular complexity index is 736. The third kappa shape index (κ3) is 3.14. The molecule has 1 heterocycles. The molecular weight excluding hydrogens is 303 g/mol. The van der Waals surface area contributed by atoms with Gasteiger partial charge in [0.25, 0.3) is 5.69 Å². The van der Waals surface area contributed by atoms with Crippen LogP contribution in [-0.2, 0) is 4.74 Å². The van der Waals surface area contributed by atoms with Crippen LogP contribution < -0.4 is 0 Å². The fourth-order valence-electron chi connectivity index (χ4n) is 1.75. The normalized spacial score (nSPS) is 10.2. The van der Waals surface area contributed by atoms with Gasteiger partial charge in [-0.25, -0.2) is 14.2 Å². The highest BCUT2D eigenvalue weighted by Crippen LogP contribution is 2.30. The Hall–Kier alpha value is -2.54. The number of hydrogen-bond donors (Lipinski definition) is 0. The molecule has 1 aromatic carbocycles. The van der Waals surface area contributed by atoms with E-state index in [-0.39, 0.29) is 27.7 Å². The summed E-state index contributed by atoms with van der Waals surface area (Å²) in [6.07, 6.45) is 0. The van der Waals surface area contributed by atoms with Crippen molar-refractivity contribution in [1.82, 2.24) is 4.98 Å². The van der Waals surface area contributed by atoms with E-state index in [1.165, 1.54) is 12.1 Å². The molecule has 0 saturated heterocycles. The van der Waals surface area contributed by atoms with E-state index in [4.69, 9.17) is 11.6 Å². The second kappa shape index (κ2) is 5.84. The van der Waals surface area contributed by atoms with Crippen LogP contribution in [0.4, 0.5) is 10.1 Å². The van der Waals surface area contributed by atoms with Gasteiger partial charge in [-0.05, 0) is 24.3 Å². The van der Waals surface area contributed by atoms with Crippen molar-refractivity contribution in [3.8, 4) is 11.3 Å². The van der Waals surface area contributed by atoms with Gasteiger partial charge in [-0.3, -0.25) is 10.1 Å². The molecule has 2 rings (SSSR count). The van der Waals surface area contributed by atoms with E-state index in [1.807, 2.05) is 0 Å². The fraction of sp³-hybridized carbons (Fsp3) is 0.0769. The van der Waals surface area contributed by atoms with Crippen molar-refractivity contribution in [2.75, 3.05) is 7.11 Å². The topological polar surface area (TPSA) is 82.3 Å². The second-order valence-electron chi connectivity index (χ2n) is 3.98. The molecule has 2 aromatic rings. The summed E-state index contributed by atoms with van der Waals surface area (Å²) in [6, 6.07) is 5.65. The minimum absolute atomic E-state index is 0.0134. The monoisotopic (exact) mass is 310 g/mol. The zero-order chi connectivity index (χ0) is 15.6. The zero-order valence-electron chi connectivity index (χ0n) is 10.7. The average Bonchev–Trinajstić information content (AvgIpc) is 2.45. The van der Waals surface area contributed by atoms with E-state index in [0.29, 0.717) is 0 Å². The summed E-state index contributed by atoms with van der Waals surface area (Å²) in [6.45, 7) is 0. The van der Waals surface area contributed by atoms with Gasteiger partial charge in [-0.1, -0.05) is 11.6 Å². The number of nitro groups is 1. The van der Waals surface area contributed by atoms with Gasteiger partial charge < -0.3 is 4.74 Å². The quantitative estimate of drug-likeness (QED) is 0.376. The van der Waals surface area contributed by atoms with Crippen molar-refractivity contribution >= 4 is 23.3 Å². The Morgan fingerprint density at radius 2 is 2.10 bits per heavy atom. The van der Waals surface area contributed by atoms with Crippen LogP contribution in [0.2, 0.25) is 5.15 Å². The molecule has 0 aliphatic rings. The lowest BCUT2D eigenvalue weighted by Crippen LogP contribution is -2.03. The van der Waals surface area contributed by atoms with E-state index >= 15 is 0 Å². The smallest absolute Gasteiger partial charge is 0.337 e. The maximum absolute atomic E-state index is 13.6. The summed E-state index contributed by atoms with van der Waals surface area (Å²) in [5.41, 5.74) is -0.494. The van der Waals surface area contributed by atoms with Crippen molar-refractivity contribution in [2.24, 2.45) is 0 Å². The summed E-state index contributed by atoms with van der Waals surface area (Å²) in [7, 11) is 1.15. The lowest BCUT2D eigenvalue weighted by atomic mass is 10.1. The van der Waals surface area contributed by atoms with Crippen molar-refractivity contribution in [2.45, 2.75) is 0 Å². The van der Waals surface area contributed by atoms with Crippen LogP contribution >= 0.6 is 11.6 Å². The van der Waals surface area contributed by atoms with Gasteiger partial charge in [-0.15, -0.1) is 0 Å².